The highest BCUT2D eigenvalue weighted by Crippen LogP contribution is 2.17. The van der Waals surface area contributed by atoms with Crippen LogP contribution in [0.1, 0.15) is 40.7 Å². The first-order valence-electron chi connectivity index (χ1n) is 8.65. The lowest BCUT2D eigenvalue weighted by molar-refractivity contribution is -0.136. The Balaban J connectivity index is 1.95. The van der Waals surface area contributed by atoms with E-state index in [2.05, 4.69) is 11.5 Å². The number of hydrogen-bond acceptors (Lipinski definition) is 4. The maximum atomic E-state index is 12.4. The van der Waals surface area contributed by atoms with Crippen LogP contribution in [0.5, 0.6) is 5.75 Å². The number of benzene rings is 1. The quantitative estimate of drug-likeness (QED) is 0.408. The Morgan fingerprint density at radius 1 is 1.19 bits per heavy atom. The number of methoxy groups -OCH3 is 1. The van der Waals surface area contributed by atoms with E-state index in [4.69, 9.17) is 9.47 Å². The maximum Gasteiger partial charge on any atom is 0.331 e. The molecule has 0 unspecified atom stereocenters. The predicted octanol–water partition coefficient (Wildman–Crippen LogP) is 3.96. The molecule has 0 aliphatic heterocycles. The smallest absolute Gasteiger partial charge is 0.331 e. The molecule has 5 nitrogen and oxygen atoms in total. The highest BCUT2D eigenvalue weighted by atomic mass is 16.5. The molecule has 0 bridgehead atoms. The Bertz CT molecular complexity index is 817. The van der Waals surface area contributed by atoms with E-state index in [-0.39, 0.29) is 12.4 Å². The third kappa shape index (κ3) is 4.85. The Morgan fingerprint density at radius 2 is 1.96 bits per heavy atom. The van der Waals surface area contributed by atoms with E-state index in [9.17, 15) is 9.59 Å². The molecule has 2 rings (SSSR count). The number of carbonyl (C=O) groups is 2. The summed E-state index contributed by atoms with van der Waals surface area (Å²) in [6.45, 7) is 6.59. The van der Waals surface area contributed by atoms with Crippen molar-refractivity contribution in [3.63, 3.8) is 0 Å². The van der Waals surface area contributed by atoms with Crippen molar-refractivity contribution < 1.29 is 19.1 Å². The van der Waals surface area contributed by atoms with Gasteiger partial charge in [0.25, 0.3) is 0 Å². The molecular formula is C21H25NO4. The molecule has 0 aliphatic rings. The third-order valence-electron chi connectivity index (χ3n) is 4.17. The summed E-state index contributed by atoms with van der Waals surface area (Å²) in [6.07, 6.45) is 3.93. The zero-order valence-corrected chi connectivity index (χ0v) is 15.7. The average Bonchev–Trinajstić information content (AvgIpc) is 2.93. The van der Waals surface area contributed by atoms with Gasteiger partial charge < -0.3 is 14.0 Å². The summed E-state index contributed by atoms with van der Waals surface area (Å²) < 4.78 is 12.3. The summed E-state index contributed by atoms with van der Waals surface area (Å²) in [4.78, 5) is 24.2. The molecule has 0 fully saturated rings. The average molecular weight is 355 g/mol. The number of hydrogen-bond donors (Lipinski definition) is 0. The summed E-state index contributed by atoms with van der Waals surface area (Å²) in [6, 6.07) is 9.16. The fourth-order valence-corrected chi connectivity index (χ4v) is 2.82. The summed E-state index contributed by atoms with van der Waals surface area (Å²) in [7, 11) is 1.58. The van der Waals surface area contributed by atoms with Gasteiger partial charge in [-0.3, -0.25) is 4.79 Å². The number of nitrogens with zero attached hydrogens (tertiary/aromatic N) is 1. The molecular weight excluding hydrogens is 330 g/mol. The van der Waals surface area contributed by atoms with Gasteiger partial charge in [0.2, 0.25) is 5.78 Å². The Hall–Kier alpha value is -2.82. The molecule has 2 aromatic rings. The van der Waals surface area contributed by atoms with E-state index in [1.54, 1.807) is 19.3 Å². The summed E-state index contributed by atoms with van der Waals surface area (Å²) in [5.74, 6) is -0.0368. The second-order valence-electron chi connectivity index (χ2n) is 6.08. The van der Waals surface area contributed by atoms with Crippen LogP contribution < -0.4 is 4.74 Å². The minimum atomic E-state index is -0.552. The largest absolute Gasteiger partial charge is 0.497 e. The van der Waals surface area contributed by atoms with Gasteiger partial charge in [-0.1, -0.05) is 19.1 Å². The number of ether oxygens (including phenoxy) is 2. The van der Waals surface area contributed by atoms with Crippen LogP contribution in [0.4, 0.5) is 0 Å². The molecule has 1 aromatic heterocycles. The van der Waals surface area contributed by atoms with Crippen molar-refractivity contribution in [1.82, 2.24) is 4.57 Å². The van der Waals surface area contributed by atoms with Crippen molar-refractivity contribution in [1.29, 1.82) is 0 Å². The summed E-state index contributed by atoms with van der Waals surface area (Å²) in [5.41, 5.74) is 3.38. The second-order valence-corrected chi connectivity index (χ2v) is 6.08. The molecule has 1 aromatic carbocycles. The molecule has 1 heterocycles. The first-order valence-corrected chi connectivity index (χ1v) is 8.65. The van der Waals surface area contributed by atoms with E-state index >= 15 is 0 Å². The minimum absolute atomic E-state index is 0.191. The van der Waals surface area contributed by atoms with Crippen LogP contribution in [0, 0.1) is 13.8 Å². The second kappa shape index (κ2) is 9.04. The SMILES string of the molecule is CCCn1c(C)cc(C(=O)COC(=O)/C=C/c2cccc(OC)c2)c1C. The van der Waals surface area contributed by atoms with Gasteiger partial charge in [0, 0.05) is 29.6 Å². The standard InChI is InChI=1S/C21H25NO4/c1-5-11-22-15(2)12-19(16(22)3)20(23)14-26-21(24)10-9-17-7-6-8-18(13-17)25-4/h6-10,12-13H,5,11,14H2,1-4H3/b10-9+. The van der Waals surface area contributed by atoms with Crippen molar-refractivity contribution in [3.8, 4) is 5.75 Å². The predicted molar refractivity (Wildman–Crippen MR) is 102 cm³/mol. The van der Waals surface area contributed by atoms with Gasteiger partial charge in [-0.25, -0.2) is 4.79 Å². The fourth-order valence-electron chi connectivity index (χ4n) is 2.82. The number of Topliss-reactive ketones (excluding diaryl/α,β-unsaturated/α-hetero) is 1. The van der Waals surface area contributed by atoms with E-state index < -0.39 is 5.97 Å². The molecule has 0 radical (unpaired) electrons. The first kappa shape index (κ1) is 19.5. The molecule has 0 saturated heterocycles. The van der Waals surface area contributed by atoms with Crippen LogP contribution in [-0.2, 0) is 16.1 Å². The number of aryl methyl sites for hydroxylation is 1. The number of ketones is 1. The van der Waals surface area contributed by atoms with Crippen molar-refractivity contribution in [2.45, 2.75) is 33.7 Å². The van der Waals surface area contributed by atoms with E-state index in [1.165, 1.54) is 6.08 Å². The molecule has 0 amide bonds. The Labute approximate surface area is 154 Å². The van der Waals surface area contributed by atoms with E-state index in [1.807, 2.05) is 38.1 Å². The van der Waals surface area contributed by atoms with Gasteiger partial charge in [-0.05, 0) is 50.1 Å². The summed E-state index contributed by atoms with van der Waals surface area (Å²) >= 11 is 0. The fraction of sp³-hybridized carbons (Fsp3) is 0.333. The molecule has 0 spiro atoms. The first-order chi connectivity index (χ1) is 12.5. The molecule has 5 heteroatoms. The van der Waals surface area contributed by atoms with Crippen molar-refractivity contribution >= 4 is 17.8 Å². The van der Waals surface area contributed by atoms with Crippen LogP contribution in [0.3, 0.4) is 0 Å². The lowest BCUT2D eigenvalue weighted by atomic mass is 10.1. The van der Waals surface area contributed by atoms with Crippen molar-refractivity contribution in [2.24, 2.45) is 0 Å². The number of rotatable bonds is 8. The number of aromatic nitrogens is 1. The molecule has 0 N–H and O–H groups in total. The van der Waals surface area contributed by atoms with Gasteiger partial charge in [-0.2, -0.15) is 0 Å². The lowest BCUT2D eigenvalue weighted by Gasteiger charge is -2.07. The molecule has 138 valence electrons. The summed E-state index contributed by atoms with van der Waals surface area (Å²) in [5, 5.41) is 0. The van der Waals surface area contributed by atoms with Gasteiger partial charge in [0.15, 0.2) is 6.61 Å². The maximum absolute atomic E-state index is 12.4. The normalized spacial score (nSPS) is 10.9. The van der Waals surface area contributed by atoms with Crippen LogP contribution in [-0.4, -0.2) is 30.0 Å². The number of esters is 1. The zero-order valence-electron chi connectivity index (χ0n) is 15.7. The molecule has 0 aliphatic carbocycles. The van der Waals surface area contributed by atoms with Crippen LogP contribution >= 0.6 is 0 Å². The molecule has 0 atom stereocenters. The van der Waals surface area contributed by atoms with Crippen LogP contribution in [0.25, 0.3) is 6.08 Å². The monoisotopic (exact) mass is 355 g/mol. The van der Waals surface area contributed by atoms with Gasteiger partial charge >= 0.3 is 5.97 Å². The lowest BCUT2D eigenvalue weighted by Crippen LogP contribution is -2.13. The van der Waals surface area contributed by atoms with Gasteiger partial charge in [-0.15, -0.1) is 0 Å². The number of carbonyl (C=O) groups excluding carboxylic acids is 2. The highest BCUT2D eigenvalue weighted by Gasteiger charge is 2.16. The molecule has 26 heavy (non-hydrogen) atoms. The van der Waals surface area contributed by atoms with Crippen LogP contribution in [0.2, 0.25) is 0 Å². The van der Waals surface area contributed by atoms with Gasteiger partial charge in [0.05, 0.1) is 7.11 Å². The Kier molecular flexibility index (Phi) is 6.78. The Morgan fingerprint density at radius 3 is 2.65 bits per heavy atom. The van der Waals surface area contributed by atoms with Crippen molar-refractivity contribution in [3.05, 3.63) is 58.9 Å². The van der Waals surface area contributed by atoms with E-state index in [0.29, 0.717) is 11.3 Å². The van der Waals surface area contributed by atoms with Gasteiger partial charge in [0.1, 0.15) is 5.75 Å². The van der Waals surface area contributed by atoms with Crippen molar-refractivity contribution in [2.75, 3.05) is 13.7 Å². The zero-order chi connectivity index (χ0) is 19.1. The topological polar surface area (TPSA) is 57.5 Å². The minimum Gasteiger partial charge on any atom is -0.497 e. The van der Waals surface area contributed by atoms with Crippen LogP contribution in [0.15, 0.2) is 36.4 Å². The van der Waals surface area contributed by atoms with E-state index in [0.717, 1.165) is 29.9 Å². The molecule has 0 saturated carbocycles. The third-order valence-corrected chi connectivity index (χ3v) is 4.17. The highest BCUT2D eigenvalue weighted by molar-refractivity contribution is 6.00.